The first kappa shape index (κ1) is 17.5. The fraction of sp³-hybridized carbons (Fsp3) is 0. The van der Waals surface area contributed by atoms with Crippen LogP contribution in [0.15, 0.2) is 46.7 Å². The molecule has 0 N–H and O–H groups in total. The highest BCUT2D eigenvalue weighted by Crippen LogP contribution is 2.45. The van der Waals surface area contributed by atoms with E-state index >= 15 is 8.63 Å². The Labute approximate surface area is 167 Å². The van der Waals surface area contributed by atoms with Crippen LogP contribution in [-0.2, 0) is 0 Å². The molecule has 0 radical (unpaired) electrons. The van der Waals surface area contributed by atoms with Gasteiger partial charge in [-0.2, -0.15) is 0 Å². The lowest BCUT2D eigenvalue weighted by molar-refractivity contribution is -0.358. The zero-order chi connectivity index (χ0) is 18.1. The molecule has 2 aliphatic rings. The third-order valence-corrected chi connectivity index (χ3v) is 6.02. The van der Waals surface area contributed by atoms with Gasteiger partial charge in [0.15, 0.2) is 5.70 Å². The average molecular weight is 513 g/mol. The number of benzene rings is 1. The van der Waals surface area contributed by atoms with Crippen molar-refractivity contribution in [1.29, 1.82) is 0 Å². The molecule has 0 saturated heterocycles. The summed E-state index contributed by atoms with van der Waals surface area (Å²) < 4.78 is 46.0. The van der Waals surface area contributed by atoms with Crippen molar-refractivity contribution in [2.24, 2.45) is 0 Å². The fourth-order valence-corrected chi connectivity index (χ4v) is 4.96. The maximum Gasteiger partial charge on any atom is 0.738 e. The molecule has 2 aromatic rings. The lowest BCUT2D eigenvalue weighted by Gasteiger charge is -2.32. The van der Waals surface area contributed by atoms with E-state index in [4.69, 9.17) is 23.2 Å². The van der Waals surface area contributed by atoms with Gasteiger partial charge in [-0.1, -0.05) is 23.2 Å². The number of fused-ring (bicyclic) bond motifs is 2. The Morgan fingerprint density at radius 2 is 1.68 bits per heavy atom. The van der Waals surface area contributed by atoms with Gasteiger partial charge in [-0.3, -0.25) is 0 Å². The Hall–Kier alpha value is -0.955. The number of rotatable bonds is 1. The Bertz CT molecular complexity index is 1020. The zero-order valence-electron chi connectivity index (χ0n) is 12.1. The van der Waals surface area contributed by atoms with Crippen molar-refractivity contribution >= 4 is 72.2 Å². The first-order chi connectivity index (χ1) is 11.7. The van der Waals surface area contributed by atoms with Crippen molar-refractivity contribution in [1.82, 2.24) is 4.48 Å². The van der Waals surface area contributed by atoms with Gasteiger partial charge in [0.2, 0.25) is 4.62 Å². The van der Waals surface area contributed by atoms with E-state index in [1.165, 1.54) is 12.1 Å². The largest absolute Gasteiger partial charge is 0.738 e. The predicted octanol–water partition coefficient (Wildman–Crippen LogP) is 6.07. The molecule has 1 aromatic carbocycles. The molecule has 0 fully saturated rings. The quantitative estimate of drug-likeness (QED) is 0.410. The molecule has 2 nitrogen and oxygen atoms in total. The SMILES string of the molecule is Fc1cc(Cl)c(C2=C3C=CC(Br)=[N+]3[B-](F)(F)n3c(Br)ccc32)c(Cl)c1. The molecule has 3 heterocycles. The summed E-state index contributed by atoms with van der Waals surface area (Å²) in [4.78, 5) is 0. The molecular formula is C15H6BBr2Cl2F3N2. The first-order valence-corrected chi connectivity index (χ1v) is 9.36. The van der Waals surface area contributed by atoms with Gasteiger partial charge < -0.3 is 17.6 Å². The van der Waals surface area contributed by atoms with Gasteiger partial charge in [0.05, 0.1) is 20.2 Å². The van der Waals surface area contributed by atoms with Gasteiger partial charge in [0, 0.05) is 39.3 Å². The summed E-state index contributed by atoms with van der Waals surface area (Å²) in [5.41, 5.74) is 1.18. The van der Waals surface area contributed by atoms with E-state index in [0.717, 1.165) is 21.1 Å². The van der Waals surface area contributed by atoms with Crippen molar-refractivity contribution in [2.75, 3.05) is 0 Å². The number of hydrogen-bond acceptors (Lipinski definition) is 0. The van der Waals surface area contributed by atoms with E-state index in [9.17, 15) is 4.39 Å². The molecule has 2 aliphatic heterocycles. The smallest absolute Gasteiger partial charge is 0.389 e. The molecule has 0 spiro atoms. The zero-order valence-corrected chi connectivity index (χ0v) is 16.8. The second-order valence-electron chi connectivity index (χ2n) is 5.53. The minimum Gasteiger partial charge on any atom is -0.389 e. The number of halogens is 7. The summed E-state index contributed by atoms with van der Waals surface area (Å²) in [7, 11) is 0. The molecule has 0 amide bonds. The molecule has 0 atom stereocenters. The van der Waals surface area contributed by atoms with Crippen LogP contribution in [-0.4, -0.2) is 20.6 Å². The average Bonchev–Trinajstić information content (AvgIpc) is 3.06. The summed E-state index contributed by atoms with van der Waals surface area (Å²) in [6.45, 7) is -4.14. The lowest BCUT2D eigenvalue weighted by Crippen LogP contribution is -2.50. The van der Waals surface area contributed by atoms with Crippen LogP contribution in [0.4, 0.5) is 13.0 Å². The van der Waals surface area contributed by atoms with Gasteiger partial charge >= 0.3 is 6.97 Å². The molecule has 128 valence electrons. The van der Waals surface area contributed by atoms with E-state index in [-0.39, 0.29) is 30.7 Å². The van der Waals surface area contributed by atoms with Crippen molar-refractivity contribution in [3.8, 4) is 0 Å². The molecule has 1 aromatic heterocycles. The highest BCUT2D eigenvalue weighted by Gasteiger charge is 2.54. The number of allylic oxidation sites excluding steroid dienone is 2. The maximum atomic E-state index is 15.1. The third-order valence-electron chi connectivity index (χ3n) is 4.13. The molecular weight excluding hydrogens is 507 g/mol. The van der Waals surface area contributed by atoms with E-state index in [0.29, 0.717) is 11.1 Å². The number of nitrogens with zero attached hydrogens (tertiary/aromatic N) is 2. The van der Waals surface area contributed by atoms with E-state index < -0.39 is 12.8 Å². The van der Waals surface area contributed by atoms with Crippen LogP contribution in [0.25, 0.3) is 5.57 Å². The van der Waals surface area contributed by atoms with Crippen LogP contribution in [0.1, 0.15) is 11.3 Å². The number of aromatic nitrogens is 1. The monoisotopic (exact) mass is 510 g/mol. The van der Waals surface area contributed by atoms with Gasteiger partial charge in [-0.15, -0.1) is 0 Å². The lowest BCUT2D eigenvalue weighted by atomic mass is 9.86. The fourth-order valence-electron chi connectivity index (χ4n) is 3.17. The second kappa shape index (κ2) is 5.77. The summed E-state index contributed by atoms with van der Waals surface area (Å²) in [6, 6.07) is 5.29. The molecule has 0 unspecified atom stereocenters. The molecule has 25 heavy (non-hydrogen) atoms. The summed E-state index contributed by atoms with van der Waals surface area (Å²) in [5.74, 6) is -0.599. The van der Waals surface area contributed by atoms with Crippen LogP contribution < -0.4 is 0 Å². The highest BCUT2D eigenvalue weighted by atomic mass is 79.9. The van der Waals surface area contributed by atoms with Crippen LogP contribution in [0, 0.1) is 5.82 Å². The second-order valence-corrected chi connectivity index (χ2v) is 7.97. The normalized spacial score (nSPS) is 18.0. The molecule has 0 saturated carbocycles. The summed E-state index contributed by atoms with van der Waals surface area (Å²) >= 11 is 18.8. The van der Waals surface area contributed by atoms with Crippen molar-refractivity contribution in [3.63, 3.8) is 0 Å². The van der Waals surface area contributed by atoms with Gasteiger partial charge in [-0.25, -0.2) is 4.39 Å². The Morgan fingerprint density at radius 1 is 1.04 bits per heavy atom. The van der Waals surface area contributed by atoms with E-state index in [1.807, 2.05) is 0 Å². The van der Waals surface area contributed by atoms with Gasteiger partial charge in [0.1, 0.15) is 5.82 Å². The van der Waals surface area contributed by atoms with Gasteiger partial charge in [0.25, 0.3) is 0 Å². The molecule has 0 aliphatic carbocycles. The number of hydrogen-bond donors (Lipinski definition) is 0. The van der Waals surface area contributed by atoms with Crippen molar-refractivity contribution in [3.05, 3.63) is 73.8 Å². The van der Waals surface area contributed by atoms with Crippen LogP contribution in [0.5, 0.6) is 0 Å². The standard InChI is InChI=1S/C15H6BBr2Cl2F3N2/c17-12-3-1-10-15(14-8(19)5-7(21)6-9(14)20)11-2-4-13(18)25(11)16(22,23)24(10)12/h1-6H. The Morgan fingerprint density at radius 3 is 2.32 bits per heavy atom. The van der Waals surface area contributed by atoms with Crippen molar-refractivity contribution < 1.29 is 17.5 Å². The van der Waals surface area contributed by atoms with Crippen molar-refractivity contribution in [2.45, 2.75) is 0 Å². The van der Waals surface area contributed by atoms with Gasteiger partial charge in [-0.05, 0) is 40.2 Å². The minimum absolute atomic E-state index is 0.0467. The summed E-state index contributed by atoms with van der Waals surface area (Å²) in [5, 5.41) is 0.0934. The molecule has 10 heteroatoms. The summed E-state index contributed by atoms with van der Waals surface area (Å²) in [6.07, 6.45) is 3.08. The minimum atomic E-state index is -4.14. The Kier molecular flexibility index (Phi) is 4.03. The first-order valence-electron chi connectivity index (χ1n) is 7.02. The molecule has 4 rings (SSSR count). The third kappa shape index (κ3) is 2.41. The van der Waals surface area contributed by atoms with Crippen LogP contribution in [0.2, 0.25) is 10.0 Å². The predicted molar refractivity (Wildman–Crippen MR) is 101 cm³/mol. The Balaban J connectivity index is 2.16. The van der Waals surface area contributed by atoms with Crippen LogP contribution >= 0.6 is 55.1 Å². The maximum absolute atomic E-state index is 15.1. The van der Waals surface area contributed by atoms with Crippen LogP contribution in [0.3, 0.4) is 0 Å². The topological polar surface area (TPSA) is 7.94 Å². The van der Waals surface area contributed by atoms with E-state index in [2.05, 4.69) is 31.9 Å². The molecule has 0 bridgehead atoms. The highest BCUT2D eigenvalue weighted by molar-refractivity contribution is 9.18. The van der Waals surface area contributed by atoms with E-state index in [1.54, 1.807) is 12.1 Å².